The first kappa shape index (κ1) is 19.0. The molecule has 1 fully saturated rings. The highest BCUT2D eigenvalue weighted by atomic mass is 16.2. The van der Waals surface area contributed by atoms with Gasteiger partial charge in [0.05, 0.1) is 12.5 Å². The van der Waals surface area contributed by atoms with Crippen LogP contribution in [0.3, 0.4) is 0 Å². The lowest BCUT2D eigenvalue weighted by Crippen LogP contribution is -2.38. The molecule has 0 saturated carbocycles. The van der Waals surface area contributed by atoms with Crippen LogP contribution in [-0.4, -0.2) is 41.8 Å². The molecule has 0 aliphatic carbocycles. The molecular weight excluding hydrogens is 318 g/mol. The van der Waals surface area contributed by atoms with E-state index >= 15 is 0 Å². The van der Waals surface area contributed by atoms with Crippen molar-refractivity contribution in [2.45, 2.75) is 52.0 Å². The first-order valence-corrected chi connectivity index (χ1v) is 8.97. The SMILES string of the molecule is CCCC(=O)Nc1ccc(CC(=O)N[C@@H]2CC(=O)N(CCC)C2)cc1. The molecule has 0 bridgehead atoms. The number of amides is 3. The Kier molecular flexibility index (Phi) is 6.98. The van der Waals surface area contributed by atoms with Gasteiger partial charge >= 0.3 is 0 Å². The summed E-state index contributed by atoms with van der Waals surface area (Å²) < 4.78 is 0. The highest BCUT2D eigenvalue weighted by Crippen LogP contribution is 2.13. The molecule has 2 rings (SSSR count). The van der Waals surface area contributed by atoms with E-state index in [2.05, 4.69) is 10.6 Å². The smallest absolute Gasteiger partial charge is 0.224 e. The summed E-state index contributed by atoms with van der Waals surface area (Å²) in [5.74, 6) is 0.0220. The van der Waals surface area contributed by atoms with Crippen LogP contribution in [0.4, 0.5) is 5.69 Å². The molecule has 136 valence electrons. The van der Waals surface area contributed by atoms with Gasteiger partial charge in [0.2, 0.25) is 17.7 Å². The minimum absolute atomic E-state index is 0.00414. The minimum atomic E-state index is -0.0980. The van der Waals surface area contributed by atoms with Crippen molar-refractivity contribution in [3.8, 4) is 0 Å². The Hall–Kier alpha value is -2.37. The quantitative estimate of drug-likeness (QED) is 0.757. The van der Waals surface area contributed by atoms with Crippen LogP contribution in [0.1, 0.15) is 45.1 Å². The standard InChI is InChI=1S/C19H27N3O3/c1-3-5-17(23)20-15-8-6-14(7-9-15)11-18(24)21-16-12-19(25)22(13-16)10-4-2/h6-9,16H,3-5,10-13H2,1-2H3,(H,20,23)(H,21,24)/t16-/m1/s1. The van der Waals surface area contributed by atoms with Crippen LogP contribution >= 0.6 is 0 Å². The molecule has 25 heavy (non-hydrogen) atoms. The Balaban J connectivity index is 1.81. The lowest BCUT2D eigenvalue weighted by atomic mass is 10.1. The van der Waals surface area contributed by atoms with Crippen LogP contribution < -0.4 is 10.6 Å². The summed E-state index contributed by atoms with van der Waals surface area (Å²) in [5.41, 5.74) is 1.61. The van der Waals surface area contributed by atoms with Gasteiger partial charge in [-0.2, -0.15) is 0 Å². The van der Waals surface area contributed by atoms with Crippen LogP contribution in [0, 0.1) is 0 Å². The second-order valence-corrected chi connectivity index (χ2v) is 6.48. The number of carbonyl (C=O) groups is 3. The third kappa shape index (κ3) is 5.89. The van der Waals surface area contributed by atoms with Gasteiger partial charge in [-0.25, -0.2) is 0 Å². The molecule has 1 atom stereocenters. The summed E-state index contributed by atoms with van der Waals surface area (Å²) in [7, 11) is 0. The first-order chi connectivity index (χ1) is 12.0. The van der Waals surface area contributed by atoms with Gasteiger partial charge in [-0.1, -0.05) is 26.0 Å². The first-order valence-electron chi connectivity index (χ1n) is 8.97. The van der Waals surface area contributed by atoms with E-state index in [1.54, 1.807) is 17.0 Å². The van der Waals surface area contributed by atoms with E-state index in [9.17, 15) is 14.4 Å². The number of hydrogen-bond donors (Lipinski definition) is 2. The van der Waals surface area contributed by atoms with Gasteiger partial charge in [-0.05, 0) is 30.5 Å². The van der Waals surface area contributed by atoms with E-state index in [-0.39, 0.29) is 30.2 Å². The van der Waals surface area contributed by atoms with Crippen molar-refractivity contribution in [2.24, 2.45) is 0 Å². The van der Waals surface area contributed by atoms with Crippen LogP contribution in [0.15, 0.2) is 24.3 Å². The lowest BCUT2D eigenvalue weighted by molar-refractivity contribution is -0.127. The highest BCUT2D eigenvalue weighted by molar-refractivity contribution is 5.90. The number of anilines is 1. The maximum Gasteiger partial charge on any atom is 0.224 e. The monoisotopic (exact) mass is 345 g/mol. The summed E-state index contributed by atoms with van der Waals surface area (Å²) >= 11 is 0. The molecule has 1 aromatic carbocycles. The molecule has 1 aliphatic heterocycles. The zero-order valence-corrected chi connectivity index (χ0v) is 15.0. The van der Waals surface area contributed by atoms with Gasteiger partial charge in [0.1, 0.15) is 0 Å². The van der Waals surface area contributed by atoms with Crippen molar-refractivity contribution < 1.29 is 14.4 Å². The third-order valence-corrected chi connectivity index (χ3v) is 4.15. The fourth-order valence-electron chi connectivity index (χ4n) is 2.98. The fraction of sp³-hybridized carbons (Fsp3) is 0.526. The molecule has 0 unspecified atom stereocenters. The molecule has 3 amide bonds. The predicted octanol–water partition coefficient (Wildman–Crippen LogP) is 2.09. The van der Waals surface area contributed by atoms with Gasteiger partial charge in [-0.3, -0.25) is 14.4 Å². The molecule has 0 radical (unpaired) electrons. The van der Waals surface area contributed by atoms with Crippen molar-refractivity contribution in [1.82, 2.24) is 10.2 Å². The van der Waals surface area contributed by atoms with Gasteiger partial charge in [-0.15, -0.1) is 0 Å². The molecule has 6 nitrogen and oxygen atoms in total. The van der Waals surface area contributed by atoms with E-state index in [4.69, 9.17) is 0 Å². The Morgan fingerprint density at radius 2 is 1.84 bits per heavy atom. The summed E-state index contributed by atoms with van der Waals surface area (Å²) in [6.45, 7) is 5.34. The van der Waals surface area contributed by atoms with E-state index in [1.807, 2.05) is 26.0 Å². The summed E-state index contributed by atoms with van der Waals surface area (Å²) in [4.78, 5) is 37.4. The third-order valence-electron chi connectivity index (χ3n) is 4.15. The van der Waals surface area contributed by atoms with Gasteiger partial charge < -0.3 is 15.5 Å². The normalized spacial score (nSPS) is 16.8. The van der Waals surface area contributed by atoms with E-state index < -0.39 is 0 Å². The van der Waals surface area contributed by atoms with Crippen LogP contribution in [0.25, 0.3) is 0 Å². The van der Waals surface area contributed by atoms with Crippen molar-refractivity contribution in [3.63, 3.8) is 0 Å². The number of hydrogen-bond acceptors (Lipinski definition) is 3. The van der Waals surface area contributed by atoms with Crippen LogP contribution in [0.2, 0.25) is 0 Å². The summed E-state index contributed by atoms with van der Waals surface area (Å²) in [6, 6.07) is 7.18. The number of benzene rings is 1. The molecule has 0 aromatic heterocycles. The summed E-state index contributed by atoms with van der Waals surface area (Å²) in [5, 5.41) is 5.76. The van der Waals surface area contributed by atoms with Crippen LogP contribution in [0.5, 0.6) is 0 Å². The largest absolute Gasteiger partial charge is 0.351 e. The molecule has 1 heterocycles. The average Bonchev–Trinajstić information content (AvgIpc) is 2.89. The number of nitrogens with one attached hydrogen (secondary N) is 2. The fourth-order valence-corrected chi connectivity index (χ4v) is 2.98. The maximum atomic E-state index is 12.2. The van der Waals surface area contributed by atoms with Gasteiger partial charge in [0, 0.05) is 31.6 Å². The van der Waals surface area contributed by atoms with Crippen molar-refractivity contribution in [1.29, 1.82) is 0 Å². The molecule has 1 aliphatic rings. The number of nitrogens with zero attached hydrogens (tertiary/aromatic N) is 1. The molecule has 1 aromatic rings. The molecule has 0 spiro atoms. The highest BCUT2D eigenvalue weighted by Gasteiger charge is 2.29. The zero-order chi connectivity index (χ0) is 18.2. The molecule has 2 N–H and O–H groups in total. The Morgan fingerprint density at radius 3 is 2.48 bits per heavy atom. The second kappa shape index (κ2) is 9.20. The Labute approximate surface area is 149 Å². The average molecular weight is 345 g/mol. The van der Waals surface area contributed by atoms with E-state index in [1.165, 1.54) is 0 Å². The lowest BCUT2D eigenvalue weighted by Gasteiger charge is -2.16. The van der Waals surface area contributed by atoms with Crippen molar-refractivity contribution in [3.05, 3.63) is 29.8 Å². The topological polar surface area (TPSA) is 78.5 Å². The van der Waals surface area contributed by atoms with Gasteiger partial charge in [0.15, 0.2) is 0 Å². The van der Waals surface area contributed by atoms with Crippen molar-refractivity contribution >= 4 is 23.4 Å². The van der Waals surface area contributed by atoms with Crippen LogP contribution in [-0.2, 0) is 20.8 Å². The van der Waals surface area contributed by atoms with Gasteiger partial charge in [0.25, 0.3) is 0 Å². The van der Waals surface area contributed by atoms with Crippen molar-refractivity contribution in [2.75, 3.05) is 18.4 Å². The van der Waals surface area contributed by atoms with E-state index in [0.29, 0.717) is 19.4 Å². The maximum absolute atomic E-state index is 12.2. The second-order valence-electron chi connectivity index (χ2n) is 6.48. The number of carbonyl (C=O) groups excluding carboxylic acids is 3. The Bertz CT molecular complexity index is 613. The molecule has 6 heteroatoms. The summed E-state index contributed by atoms with van der Waals surface area (Å²) in [6.07, 6.45) is 2.88. The number of likely N-dealkylation sites (tertiary alicyclic amines) is 1. The molecule has 1 saturated heterocycles. The minimum Gasteiger partial charge on any atom is -0.351 e. The number of rotatable bonds is 8. The zero-order valence-electron chi connectivity index (χ0n) is 15.0. The van der Waals surface area contributed by atoms with E-state index in [0.717, 1.165) is 30.6 Å². The molecular formula is C19H27N3O3. The predicted molar refractivity (Wildman–Crippen MR) is 97.1 cm³/mol. The Morgan fingerprint density at radius 1 is 1.12 bits per heavy atom.